The number of rotatable bonds is 2. The van der Waals surface area contributed by atoms with E-state index in [0.29, 0.717) is 19.4 Å². The van der Waals surface area contributed by atoms with Crippen LogP contribution < -0.4 is 5.73 Å². The van der Waals surface area contributed by atoms with Gasteiger partial charge < -0.3 is 10.8 Å². The molecule has 1 aliphatic heterocycles. The van der Waals surface area contributed by atoms with E-state index < -0.39 is 21.4 Å². The zero-order valence-corrected chi connectivity index (χ0v) is 12.4. The van der Waals surface area contributed by atoms with Gasteiger partial charge in [-0.2, -0.15) is 4.31 Å². The lowest BCUT2D eigenvalue weighted by molar-refractivity contribution is 0.00939. The van der Waals surface area contributed by atoms with Crippen LogP contribution in [0.2, 0.25) is 0 Å². The average Bonchev–Trinajstić information content (AvgIpc) is 2.32. The molecule has 1 aliphatic rings. The maximum Gasteiger partial charge on any atom is 0.243 e. The van der Waals surface area contributed by atoms with Gasteiger partial charge in [0.2, 0.25) is 10.0 Å². The van der Waals surface area contributed by atoms with E-state index in [2.05, 4.69) is 0 Å². The summed E-state index contributed by atoms with van der Waals surface area (Å²) in [5.41, 5.74) is 4.59. The molecule has 1 aromatic carbocycles. The van der Waals surface area contributed by atoms with E-state index >= 15 is 0 Å². The van der Waals surface area contributed by atoms with Crippen molar-refractivity contribution in [2.75, 3.05) is 18.8 Å². The lowest BCUT2D eigenvalue weighted by atomic mass is 9.97. The molecular formula is C13H19FN2O3S. The molecular weight excluding hydrogens is 283 g/mol. The molecule has 0 radical (unpaired) electrons. The number of aliphatic hydroxyl groups is 1. The van der Waals surface area contributed by atoms with Crippen molar-refractivity contribution in [2.24, 2.45) is 0 Å². The van der Waals surface area contributed by atoms with Gasteiger partial charge in [0.25, 0.3) is 0 Å². The normalized spacial score (nSPS) is 24.8. The van der Waals surface area contributed by atoms with E-state index in [9.17, 15) is 17.9 Å². The molecule has 1 unspecified atom stereocenters. The lowest BCUT2D eigenvalue weighted by Gasteiger charge is -2.36. The van der Waals surface area contributed by atoms with Gasteiger partial charge in [0, 0.05) is 24.3 Å². The maximum atomic E-state index is 13.7. The molecule has 5 nitrogen and oxygen atoms in total. The zero-order valence-electron chi connectivity index (χ0n) is 11.6. The molecule has 2 rings (SSSR count). The van der Waals surface area contributed by atoms with Crippen molar-refractivity contribution in [3.8, 4) is 0 Å². The molecule has 1 aromatic rings. The summed E-state index contributed by atoms with van der Waals surface area (Å²) < 4.78 is 40.1. The van der Waals surface area contributed by atoms with Crippen LogP contribution in [0.4, 0.5) is 10.1 Å². The molecule has 0 spiro atoms. The van der Waals surface area contributed by atoms with Gasteiger partial charge in [-0.05, 0) is 38.8 Å². The number of hydrogen-bond donors (Lipinski definition) is 2. The molecule has 1 heterocycles. The third-order valence-electron chi connectivity index (χ3n) is 3.58. The van der Waals surface area contributed by atoms with Crippen LogP contribution in [0.1, 0.15) is 25.3 Å². The number of hydrogen-bond acceptors (Lipinski definition) is 4. The average molecular weight is 302 g/mol. The zero-order chi connectivity index (χ0) is 15.1. The van der Waals surface area contributed by atoms with Crippen LogP contribution in [0, 0.1) is 12.7 Å². The number of anilines is 1. The van der Waals surface area contributed by atoms with Gasteiger partial charge in [0.1, 0.15) is 5.82 Å². The monoisotopic (exact) mass is 302 g/mol. The number of nitrogens with zero attached hydrogens (tertiary/aromatic N) is 1. The van der Waals surface area contributed by atoms with Crippen LogP contribution in [0.3, 0.4) is 0 Å². The summed E-state index contributed by atoms with van der Waals surface area (Å²) >= 11 is 0. The Morgan fingerprint density at radius 1 is 1.45 bits per heavy atom. The molecule has 0 aliphatic carbocycles. The second kappa shape index (κ2) is 4.98. The number of β-amino-alcohol motifs (C(OH)–C–C–N with tert-alkyl or cyclic N) is 1. The fraction of sp³-hybridized carbons (Fsp3) is 0.538. The van der Waals surface area contributed by atoms with Crippen LogP contribution in [0.5, 0.6) is 0 Å². The van der Waals surface area contributed by atoms with Crippen LogP contribution in [-0.4, -0.2) is 36.5 Å². The summed E-state index contributed by atoms with van der Waals surface area (Å²) in [5.74, 6) is -0.646. The number of halogens is 1. The Kier molecular flexibility index (Phi) is 3.79. The molecule has 7 heteroatoms. The van der Waals surface area contributed by atoms with Crippen LogP contribution in [0.15, 0.2) is 17.0 Å². The molecule has 3 N–H and O–H groups in total. The van der Waals surface area contributed by atoms with E-state index in [-0.39, 0.29) is 22.7 Å². The maximum absolute atomic E-state index is 13.7. The standard InChI is InChI=1S/C13H19FN2O3S/c1-9-11(14)6-10(15)7-12(9)20(18,19)16-5-3-4-13(2,17)8-16/h6-7,17H,3-5,8,15H2,1-2H3. The summed E-state index contributed by atoms with van der Waals surface area (Å²) in [7, 11) is -3.86. The summed E-state index contributed by atoms with van der Waals surface area (Å²) in [6.07, 6.45) is 1.11. The first kappa shape index (κ1) is 15.2. The smallest absolute Gasteiger partial charge is 0.243 e. The van der Waals surface area contributed by atoms with Crippen LogP contribution >= 0.6 is 0 Å². The molecule has 20 heavy (non-hydrogen) atoms. The molecule has 0 amide bonds. The Morgan fingerprint density at radius 2 is 2.10 bits per heavy atom. The quantitative estimate of drug-likeness (QED) is 0.805. The SMILES string of the molecule is Cc1c(F)cc(N)cc1S(=O)(=O)N1CCCC(C)(O)C1. The van der Waals surface area contributed by atoms with Crippen molar-refractivity contribution >= 4 is 15.7 Å². The van der Waals surface area contributed by atoms with Crippen molar-refractivity contribution < 1.29 is 17.9 Å². The molecule has 0 bridgehead atoms. The predicted molar refractivity (Wildman–Crippen MR) is 74.2 cm³/mol. The highest BCUT2D eigenvalue weighted by Gasteiger charge is 2.36. The highest BCUT2D eigenvalue weighted by Crippen LogP contribution is 2.29. The topological polar surface area (TPSA) is 83.6 Å². The number of nitrogens with two attached hydrogens (primary N) is 1. The fourth-order valence-corrected chi connectivity index (χ4v) is 4.33. The minimum atomic E-state index is -3.86. The third-order valence-corrected chi connectivity index (χ3v) is 5.55. The first-order chi connectivity index (χ1) is 9.13. The van der Waals surface area contributed by atoms with E-state index in [1.54, 1.807) is 6.92 Å². The van der Waals surface area contributed by atoms with E-state index in [4.69, 9.17) is 5.73 Å². The number of nitrogen functional groups attached to an aromatic ring is 1. The van der Waals surface area contributed by atoms with E-state index in [1.165, 1.54) is 17.3 Å². The van der Waals surface area contributed by atoms with E-state index in [0.717, 1.165) is 6.07 Å². The third kappa shape index (κ3) is 2.79. The first-order valence-corrected chi connectivity index (χ1v) is 7.86. The van der Waals surface area contributed by atoms with Crippen molar-refractivity contribution in [2.45, 2.75) is 37.2 Å². The second-order valence-corrected chi connectivity index (χ2v) is 7.47. The number of piperidine rings is 1. The van der Waals surface area contributed by atoms with Crippen molar-refractivity contribution in [1.29, 1.82) is 0 Å². The van der Waals surface area contributed by atoms with Gasteiger partial charge in [-0.1, -0.05) is 0 Å². The lowest BCUT2D eigenvalue weighted by Crippen LogP contribution is -2.48. The van der Waals surface area contributed by atoms with Gasteiger partial charge in [0.05, 0.1) is 10.5 Å². The number of benzene rings is 1. The molecule has 1 atom stereocenters. The van der Waals surface area contributed by atoms with Gasteiger partial charge in [-0.3, -0.25) is 0 Å². The fourth-order valence-electron chi connectivity index (χ4n) is 2.46. The number of sulfonamides is 1. The Labute approximate surface area is 118 Å². The molecule has 112 valence electrons. The van der Waals surface area contributed by atoms with Gasteiger partial charge in [-0.15, -0.1) is 0 Å². The Hall–Kier alpha value is -1.18. The predicted octanol–water partition coefficient (Wildman–Crippen LogP) is 1.25. The summed E-state index contributed by atoms with van der Waals surface area (Å²) in [4.78, 5) is -0.132. The van der Waals surface area contributed by atoms with Crippen molar-refractivity contribution in [1.82, 2.24) is 4.31 Å². The molecule has 0 saturated carbocycles. The summed E-state index contributed by atoms with van der Waals surface area (Å²) in [6, 6.07) is 2.36. The molecule has 1 saturated heterocycles. The Balaban J connectivity index is 2.46. The van der Waals surface area contributed by atoms with Crippen molar-refractivity contribution in [3.63, 3.8) is 0 Å². The first-order valence-electron chi connectivity index (χ1n) is 6.42. The van der Waals surface area contributed by atoms with Crippen LogP contribution in [0.25, 0.3) is 0 Å². The van der Waals surface area contributed by atoms with Gasteiger partial charge in [-0.25, -0.2) is 12.8 Å². The molecule has 0 aromatic heterocycles. The van der Waals surface area contributed by atoms with Gasteiger partial charge in [0.15, 0.2) is 0 Å². The highest BCUT2D eigenvalue weighted by molar-refractivity contribution is 7.89. The van der Waals surface area contributed by atoms with Gasteiger partial charge >= 0.3 is 0 Å². The Bertz CT molecular complexity index is 629. The Morgan fingerprint density at radius 3 is 2.70 bits per heavy atom. The van der Waals surface area contributed by atoms with Crippen molar-refractivity contribution in [3.05, 3.63) is 23.5 Å². The minimum absolute atomic E-state index is 0.00515. The van der Waals surface area contributed by atoms with Crippen LogP contribution in [-0.2, 0) is 10.0 Å². The minimum Gasteiger partial charge on any atom is -0.399 e. The largest absolute Gasteiger partial charge is 0.399 e. The highest BCUT2D eigenvalue weighted by atomic mass is 32.2. The second-order valence-electron chi connectivity index (χ2n) is 5.56. The molecule has 1 fully saturated rings. The summed E-state index contributed by atoms with van der Waals surface area (Å²) in [6.45, 7) is 3.32. The van der Waals surface area contributed by atoms with E-state index in [1.807, 2.05) is 0 Å². The summed E-state index contributed by atoms with van der Waals surface area (Å²) in [5, 5.41) is 10.0.